The number of halogens is 1. The van der Waals surface area contributed by atoms with Gasteiger partial charge in [0.2, 0.25) is 10.0 Å². The van der Waals surface area contributed by atoms with Gasteiger partial charge in [-0.05, 0) is 36.8 Å². The van der Waals surface area contributed by atoms with E-state index in [-0.39, 0.29) is 16.9 Å². The van der Waals surface area contributed by atoms with Crippen LogP contribution in [0.3, 0.4) is 0 Å². The van der Waals surface area contributed by atoms with Crippen LogP contribution in [0.15, 0.2) is 42.5 Å². The molecule has 0 aliphatic rings. The Balaban J connectivity index is 2.32. The summed E-state index contributed by atoms with van der Waals surface area (Å²) < 4.78 is 38.6. The van der Waals surface area contributed by atoms with Gasteiger partial charge in [0.25, 0.3) is 5.91 Å². The number of aryl methyl sites for hydroxylation is 1. The van der Waals surface area contributed by atoms with Crippen LogP contribution in [0.1, 0.15) is 15.9 Å². The Labute approximate surface area is 128 Å². The molecule has 2 rings (SSSR count). The second-order valence-electron chi connectivity index (χ2n) is 4.86. The van der Waals surface area contributed by atoms with Gasteiger partial charge in [0.1, 0.15) is 5.82 Å². The molecular formula is C15H15FN2O3S. The Morgan fingerprint density at radius 2 is 1.77 bits per heavy atom. The minimum atomic E-state index is -3.53. The third-order valence-corrected chi connectivity index (χ3v) is 3.43. The average Bonchev–Trinajstić information content (AvgIpc) is 2.41. The molecule has 0 spiro atoms. The van der Waals surface area contributed by atoms with Crippen molar-refractivity contribution in [3.8, 4) is 0 Å². The molecule has 0 aliphatic carbocycles. The molecule has 0 saturated heterocycles. The smallest absolute Gasteiger partial charge is 0.257 e. The van der Waals surface area contributed by atoms with Gasteiger partial charge < -0.3 is 5.32 Å². The minimum absolute atomic E-state index is 0.0409. The van der Waals surface area contributed by atoms with Crippen molar-refractivity contribution in [2.45, 2.75) is 6.92 Å². The number of anilines is 2. The van der Waals surface area contributed by atoms with Gasteiger partial charge in [0, 0.05) is 0 Å². The largest absolute Gasteiger partial charge is 0.319 e. The fourth-order valence-corrected chi connectivity index (χ4v) is 2.47. The summed E-state index contributed by atoms with van der Waals surface area (Å²) in [7, 11) is -3.53. The molecule has 2 aromatic carbocycles. The van der Waals surface area contributed by atoms with E-state index in [2.05, 4.69) is 10.0 Å². The summed E-state index contributed by atoms with van der Waals surface area (Å²) in [5.41, 5.74) is 1.07. The summed E-state index contributed by atoms with van der Waals surface area (Å²) in [4.78, 5) is 12.3. The van der Waals surface area contributed by atoms with Gasteiger partial charge in [-0.15, -0.1) is 0 Å². The first-order valence-corrected chi connectivity index (χ1v) is 8.30. The molecule has 0 fully saturated rings. The number of sulfonamides is 1. The van der Waals surface area contributed by atoms with E-state index in [1.807, 2.05) is 0 Å². The molecular weight excluding hydrogens is 307 g/mol. The number of nitrogens with one attached hydrogen (secondary N) is 2. The van der Waals surface area contributed by atoms with Crippen molar-refractivity contribution in [2.24, 2.45) is 0 Å². The van der Waals surface area contributed by atoms with Crippen molar-refractivity contribution < 1.29 is 17.6 Å². The first-order chi connectivity index (χ1) is 10.3. The molecule has 22 heavy (non-hydrogen) atoms. The lowest BCUT2D eigenvalue weighted by atomic mass is 10.1. The van der Waals surface area contributed by atoms with Crippen LogP contribution in [-0.2, 0) is 10.0 Å². The summed E-state index contributed by atoms with van der Waals surface area (Å²) in [6.45, 7) is 1.77. The standard InChI is InChI=1S/C15H15FN2O3S/c1-10-7-8-12(16)14(9-10)17-15(19)11-5-3-4-6-13(11)18-22(2,20)21/h3-9,18H,1-2H3,(H,17,19). The number of hydrogen-bond acceptors (Lipinski definition) is 3. The van der Waals surface area contributed by atoms with Crippen LogP contribution in [-0.4, -0.2) is 20.6 Å². The number of rotatable bonds is 4. The van der Waals surface area contributed by atoms with Crippen molar-refractivity contribution >= 4 is 27.3 Å². The lowest BCUT2D eigenvalue weighted by Gasteiger charge is -2.11. The summed E-state index contributed by atoms with van der Waals surface area (Å²) in [6.07, 6.45) is 0.988. The second kappa shape index (κ2) is 6.15. The van der Waals surface area contributed by atoms with Crippen LogP contribution >= 0.6 is 0 Å². The number of para-hydroxylation sites is 1. The van der Waals surface area contributed by atoms with Crippen LogP contribution in [0.5, 0.6) is 0 Å². The highest BCUT2D eigenvalue weighted by Crippen LogP contribution is 2.20. The third-order valence-electron chi connectivity index (χ3n) is 2.84. The highest BCUT2D eigenvalue weighted by atomic mass is 32.2. The fourth-order valence-electron chi connectivity index (χ4n) is 1.89. The van der Waals surface area contributed by atoms with E-state index in [0.29, 0.717) is 0 Å². The second-order valence-corrected chi connectivity index (χ2v) is 6.61. The van der Waals surface area contributed by atoms with Crippen molar-refractivity contribution in [2.75, 3.05) is 16.3 Å². The van der Waals surface area contributed by atoms with Crippen molar-refractivity contribution in [3.63, 3.8) is 0 Å². The SMILES string of the molecule is Cc1ccc(F)c(NC(=O)c2ccccc2NS(C)(=O)=O)c1. The van der Waals surface area contributed by atoms with Crippen LogP contribution in [0.25, 0.3) is 0 Å². The quantitative estimate of drug-likeness (QED) is 0.909. The van der Waals surface area contributed by atoms with Gasteiger partial charge >= 0.3 is 0 Å². The van der Waals surface area contributed by atoms with E-state index in [4.69, 9.17) is 0 Å². The van der Waals surface area contributed by atoms with E-state index < -0.39 is 21.7 Å². The summed E-state index contributed by atoms with van der Waals surface area (Å²) in [5, 5.41) is 2.44. The normalized spacial score (nSPS) is 11.0. The lowest BCUT2D eigenvalue weighted by molar-refractivity contribution is 0.102. The maximum absolute atomic E-state index is 13.7. The molecule has 0 unspecified atom stereocenters. The topological polar surface area (TPSA) is 75.3 Å². The molecule has 7 heteroatoms. The molecule has 5 nitrogen and oxygen atoms in total. The first kappa shape index (κ1) is 16.0. The zero-order valence-corrected chi connectivity index (χ0v) is 12.9. The Morgan fingerprint density at radius 3 is 2.45 bits per heavy atom. The molecule has 0 aliphatic heterocycles. The molecule has 0 atom stereocenters. The van der Waals surface area contributed by atoms with Crippen molar-refractivity contribution in [1.82, 2.24) is 0 Å². The minimum Gasteiger partial charge on any atom is -0.319 e. The van der Waals surface area contributed by atoms with E-state index in [0.717, 1.165) is 11.8 Å². The molecule has 0 radical (unpaired) electrons. The molecule has 2 N–H and O–H groups in total. The molecule has 0 saturated carbocycles. The van der Waals surface area contributed by atoms with Crippen molar-refractivity contribution in [3.05, 3.63) is 59.4 Å². The molecule has 2 aromatic rings. The highest BCUT2D eigenvalue weighted by molar-refractivity contribution is 7.92. The van der Waals surface area contributed by atoms with E-state index in [9.17, 15) is 17.6 Å². The maximum atomic E-state index is 13.7. The van der Waals surface area contributed by atoms with Gasteiger partial charge in [0.05, 0.1) is 23.2 Å². The zero-order valence-electron chi connectivity index (χ0n) is 12.1. The van der Waals surface area contributed by atoms with Crippen LogP contribution in [0.4, 0.5) is 15.8 Å². The molecule has 0 bridgehead atoms. The van der Waals surface area contributed by atoms with Gasteiger partial charge in [-0.25, -0.2) is 12.8 Å². The Hall–Kier alpha value is -2.41. The number of hydrogen-bond donors (Lipinski definition) is 2. The summed E-state index contributed by atoms with van der Waals surface area (Å²) >= 11 is 0. The maximum Gasteiger partial charge on any atom is 0.257 e. The van der Waals surface area contributed by atoms with Crippen LogP contribution < -0.4 is 10.0 Å². The Kier molecular flexibility index (Phi) is 4.46. The molecule has 1 amide bonds. The van der Waals surface area contributed by atoms with E-state index in [1.54, 1.807) is 25.1 Å². The average molecular weight is 322 g/mol. The Morgan fingerprint density at radius 1 is 1.09 bits per heavy atom. The molecule has 0 heterocycles. The van der Waals surface area contributed by atoms with Gasteiger partial charge in [-0.1, -0.05) is 18.2 Å². The van der Waals surface area contributed by atoms with Gasteiger partial charge in [-0.2, -0.15) is 0 Å². The fraction of sp³-hybridized carbons (Fsp3) is 0.133. The lowest BCUT2D eigenvalue weighted by Crippen LogP contribution is -2.18. The third kappa shape index (κ3) is 4.05. The van der Waals surface area contributed by atoms with Crippen LogP contribution in [0.2, 0.25) is 0 Å². The Bertz CT molecular complexity index is 819. The molecule has 0 aromatic heterocycles. The number of amides is 1. The van der Waals surface area contributed by atoms with Gasteiger partial charge in [-0.3, -0.25) is 9.52 Å². The number of carbonyl (C=O) groups excluding carboxylic acids is 1. The number of carbonyl (C=O) groups is 1. The highest BCUT2D eigenvalue weighted by Gasteiger charge is 2.15. The van der Waals surface area contributed by atoms with E-state index >= 15 is 0 Å². The monoisotopic (exact) mass is 322 g/mol. The number of benzene rings is 2. The molecule has 116 valence electrons. The van der Waals surface area contributed by atoms with Gasteiger partial charge in [0.15, 0.2) is 0 Å². The van der Waals surface area contributed by atoms with E-state index in [1.165, 1.54) is 24.3 Å². The first-order valence-electron chi connectivity index (χ1n) is 6.40. The van der Waals surface area contributed by atoms with Crippen molar-refractivity contribution in [1.29, 1.82) is 0 Å². The van der Waals surface area contributed by atoms with Crippen LogP contribution in [0, 0.1) is 12.7 Å². The predicted octanol–water partition coefficient (Wildman–Crippen LogP) is 2.76. The predicted molar refractivity (Wildman–Crippen MR) is 84.0 cm³/mol. The summed E-state index contributed by atoms with van der Waals surface area (Å²) in [5.74, 6) is -1.16. The summed E-state index contributed by atoms with van der Waals surface area (Å²) in [6, 6.07) is 10.4. The zero-order chi connectivity index (χ0) is 16.3.